The Morgan fingerprint density at radius 1 is 1.17 bits per heavy atom. The second-order valence-electron chi connectivity index (χ2n) is 7.68. The third-order valence-electron chi connectivity index (χ3n) is 5.54. The van der Waals surface area contributed by atoms with Crippen LogP contribution in [-0.4, -0.2) is 42.4 Å². The van der Waals surface area contributed by atoms with Crippen LogP contribution < -0.4 is 10.2 Å². The van der Waals surface area contributed by atoms with Crippen LogP contribution in [0.1, 0.15) is 27.9 Å². The Hall–Kier alpha value is -3.22. The van der Waals surface area contributed by atoms with Crippen LogP contribution in [0.15, 0.2) is 42.5 Å². The number of benzene rings is 2. The van der Waals surface area contributed by atoms with Gasteiger partial charge in [0.2, 0.25) is 5.91 Å². The number of urea groups is 1. The van der Waals surface area contributed by atoms with E-state index in [4.69, 9.17) is 0 Å². The molecule has 6 nitrogen and oxygen atoms in total. The average molecular weight is 395 g/mol. The quantitative estimate of drug-likeness (QED) is 0.810. The van der Waals surface area contributed by atoms with Gasteiger partial charge in [-0.15, -0.1) is 0 Å². The highest BCUT2D eigenvalue weighted by Crippen LogP contribution is 2.24. The standard InChI is InChI=1S/C22H22FN3O3/c1-14-10-15(2-7-19(14)23)11-16-8-9-25(12-16)21(28)17-3-5-18(6-4-17)26-13-20(27)24-22(26)29/h2-7,10,16H,8-9,11-13H2,1H3,(H,24,27,29). The number of nitrogens with zero attached hydrogens (tertiary/aromatic N) is 2. The van der Waals surface area contributed by atoms with Gasteiger partial charge in [-0.2, -0.15) is 0 Å². The SMILES string of the molecule is Cc1cc(CC2CCN(C(=O)c3ccc(N4CC(=O)NC4=O)cc3)C2)ccc1F. The van der Waals surface area contributed by atoms with Gasteiger partial charge in [0.05, 0.1) is 0 Å². The van der Waals surface area contributed by atoms with Crippen LogP contribution in [0.5, 0.6) is 0 Å². The van der Waals surface area contributed by atoms with Crippen molar-refractivity contribution in [1.29, 1.82) is 0 Å². The molecule has 0 aliphatic carbocycles. The number of nitrogens with one attached hydrogen (secondary N) is 1. The van der Waals surface area contributed by atoms with E-state index in [1.807, 2.05) is 17.0 Å². The van der Waals surface area contributed by atoms with Gasteiger partial charge >= 0.3 is 6.03 Å². The highest BCUT2D eigenvalue weighted by atomic mass is 19.1. The van der Waals surface area contributed by atoms with Gasteiger partial charge in [-0.25, -0.2) is 9.18 Å². The summed E-state index contributed by atoms with van der Waals surface area (Å²) >= 11 is 0. The van der Waals surface area contributed by atoms with Gasteiger partial charge in [0.1, 0.15) is 12.4 Å². The maximum Gasteiger partial charge on any atom is 0.329 e. The highest BCUT2D eigenvalue weighted by molar-refractivity contribution is 6.12. The summed E-state index contributed by atoms with van der Waals surface area (Å²) in [5.74, 6) is -0.232. The van der Waals surface area contributed by atoms with E-state index in [2.05, 4.69) is 5.32 Å². The first-order chi connectivity index (χ1) is 13.9. The number of carbonyl (C=O) groups excluding carboxylic acids is 3. The van der Waals surface area contributed by atoms with Crippen molar-refractivity contribution in [3.05, 3.63) is 65.0 Å². The predicted octanol–water partition coefficient (Wildman–Crippen LogP) is 2.90. The van der Waals surface area contributed by atoms with Crippen molar-refractivity contribution < 1.29 is 18.8 Å². The third kappa shape index (κ3) is 3.99. The lowest BCUT2D eigenvalue weighted by Gasteiger charge is -2.18. The molecule has 1 unspecified atom stereocenters. The molecule has 150 valence electrons. The monoisotopic (exact) mass is 395 g/mol. The Kier molecular flexibility index (Phi) is 5.05. The summed E-state index contributed by atoms with van der Waals surface area (Å²) in [7, 11) is 0. The molecule has 1 atom stereocenters. The first-order valence-corrected chi connectivity index (χ1v) is 9.66. The predicted molar refractivity (Wildman–Crippen MR) is 106 cm³/mol. The Balaban J connectivity index is 1.38. The first-order valence-electron chi connectivity index (χ1n) is 9.66. The summed E-state index contributed by atoms with van der Waals surface area (Å²) in [4.78, 5) is 39.1. The molecular weight excluding hydrogens is 373 g/mol. The molecule has 2 fully saturated rings. The molecule has 1 N–H and O–H groups in total. The molecule has 0 spiro atoms. The molecule has 0 radical (unpaired) electrons. The van der Waals surface area contributed by atoms with E-state index in [1.54, 1.807) is 31.2 Å². The number of hydrogen-bond acceptors (Lipinski definition) is 3. The lowest BCUT2D eigenvalue weighted by atomic mass is 9.97. The molecule has 4 amide bonds. The third-order valence-corrected chi connectivity index (χ3v) is 5.54. The maximum atomic E-state index is 13.4. The zero-order chi connectivity index (χ0) is 20.5. The minimum absolute atomic E-state index is 0.0111. The van der Waals surface area contributed by atoms with E-state index in [9.17, 15) is 18.8 Å². The van der Waals surface area contributed by atoms with Gasteiger partial charge in [-0.1, -0.05) is 12.1 Å². The van der Waals surface area contributed by atoms with E-state index in [1.165, 1.54) is 11.0 Å². The van der Waals surface area contributed by atoms with E-state index in [0.29, 0.717) is 35.8 Å². The lowest BCUT2D eigenvalue weighted by molar-refractivity contribution is -0.117. The number of carbonyl (C=O) groups is 3. The number of likely N-dealkylation sites (tertiary alicyclic amines) is 1. The van der Waals surface area contributed by atoms with Crippen LogP contribution in [0.2, 0.25) is 0 Å². The van der Waals surface area contributed by atoms with Gasteiger partial charge in [0.25, 0.3) is 5.91 Å². The summed E-state index contributed by atoms with van der Waals surface area (Å²) in [6, 6.07) is 11.5. The number of hydrogen-bond donors (Lipinski definition) is 1. The largest absolute Gasteiger partial charge is 0.338 e. The number of halogens is 1. The molecular formula is C22H22FN3O3. The normalized spacial score (nSPS) is 19.0. The van der Waals surface area contributed by atoms with Crippen molar-refractivity contribution in [2.24, 2.45) is 5.92 Å². The fourth-order valence-corrected chi connectivity index (χ4v) is 3.97. The molecule has 0 saturated carbocycles. The fraction of sp³-hybridized carbons (Fsp3) is 0.318. The van der Waals surface area contributed by atoms with E-state index >= 15 is 0 Å². The summed E-state index contributed by atoms with van der Waals surface area (Å²) in [5, 5.41) is 2.23. The molecule has 2 aliphatic heterocycles. The van der Waals surface area contributed by atoms with Crippen LogP contribution in [-0.2, 0) is 11.2 Å². The summed E-state index contributed by atoms with van der Waals surface area (Å²) in [6.45, 7) is 3.10. The van der Waals surface area contributed by atoms with Crippen LogP contribution in [0.3, 0.4) is 0 Å². The van der Waals surface area contributed by atoms with Gasteiger partial charge < -0.3 is 4.90 Å². The lowest BCUT2D eigenvalue weighted by Crippen LogP contribution is -2.29. The Morgan fingerprint density at radius 3 is 2.59 bits per heavy atom. The minimum atomic E-state index is -0.451. The molecule has 0 bridgehead atoms. The van der Waals surface area contributed by atoms with Crippen molar-refractivity contribution in [3.8, 4) is 0 Å². The van der Waals surface area contributed by atoms with Gasteiger partial charge in [-0.05, 0) is 67.1 Å². The smallest absolute Gasteiger partial charge is 0.329 e. The van der Waals surface area contributed by atoms with Crippen LogP contribution in [0, 0.1) is 18.7 Å². The molecule has 2 aromatic carbocycles. The summed E-state index contributed by atoms with van der Waals surface area (Å²) in [5.41, 5.74) is 2.86. The molecule has 2 heterocycles. The van der Waals surface area contributed by atoms with Gasteiger partial charge in [0, 0.05) is 24.3 Å². The van der Waals surface area contributed by atoms with Gasteiger partial charge in [0.15, 0.2) is 0 Å². The Morgan fingerprint density at radius 2 is 1.93 bits per heavy atom. The maximum absolute atomic E-state index is 13.4. The number of anilines is 1. The van der Waals surface area contributed by atoms with Crippen molar-refractivity contribution in [2.75, 3.05) is 24.5 Å². The van der Waals surface area contributed by atoms with Crippen molar-refractivity contribution in [3.63, 3.8) is 0 Å². The minimum Gasteiger partial charge on any atom is -0.338 e. The zero-order valence-corrected chi connectivity index (χ0v) is 16.2. The Labute approximate surface area is 168 Å². The first kappa shape index (κ1) is 19.1. The molecule has 0 aromatic heterocycles. The molecule has 29 heavy (non-hydrogen) atoms. The van der Waals surface area contributed by atoms with E-state index in [-0.39, 0.29) is 24.2 Å². The van der Waals surface area contributed by atoms with Crippen molar-refractivity contribution in [2.45, 2.75) is 19.8 Å². The molecule has 2 saturated heterocycles. The average Bonchev–Trinajstić information content (AvgIpc) is 3.30. The molecule has 2 aliphatic rings. The van der Waals surface area contributed by atoms with Crippen molar-refractivity contribution >= 4 is 23.5 Å². The van der Waals surface area contributed by atoms with Crippen LogP contribution in [0.25, 0.3) is 0 Å². The fourth-order valence-electron chi connectivity index (χ4n) is 3.97. The zero-order valence-electron chi connectivity index (χ0n) is 16.2. The number of imide groups is 1. The highest BCUT2D eigenvalue weighted by Gasteiger charge is 2.29. The van der Waals surface area contributed by atoms with Crippen LogP contribution >= 0.6 is 0 Å². The molecule has 7 heteroatoms. The molecule has 4 rings (SSSR count). The van der Waals surface area contributed by atoms with E-state index < -0.39 is 6.03 Å². The number of amides is 4. The second-order valence-corrected chi connectivity index (χ2v) is 7.68. The van der Waals surface area contributed by atoms with Gasteiger partial charge in [-0.3, -0.25) is 19.8 Å². The molecule has 2 aromatic rings. The number of aryl methyl sites for hydroxylation is 1. The summed E-state index contributed by atoms with van der Waals surface area (Å²) < 4.78 is 13.4. The number of rotatable bonds is 4. The van der Waals surface area contributed by atoms with Crippen molar-refractivity contribution in [1.82, 2.24) is 10.2 Å². The van der Waals surface area contributed by atoms with E-state index in [0.717, 1.165) is 18.4 Å². The topological polar surface area (TPSA) is 69.7 Å². The van der Waals surface area contributed by atoms with Crippen LogP contribution in [0.4, 0.5) is 14.9 Å². The second kappa shape index (κ2) is 7.66. The summed E-state index contributed by atoms with van der Waals surface area (Å²) in [6.07, 6.45) is 1.73. The Bertz CT molecular complexity index is 974.